The van der Waals surface area contributed by atoms with Crippen molar-refractivity contribution < 1.29 is 9.59 Å². The number of rotatable bonds is 3. The molecule has 6 rings (SSSR count). The average molecular weight is 390 g/mol. The van der Waals surface area contributed by atoms with Gasteiger partial charge in [0.15, 0.2) is 0 Å². The molecule has 3 unspecified atom stereocenters. The standard InChI is InChI=1S/C23H26N4O2/c1-22-9-8-16(11-18(22)21(29)25-13-15-5-4-10-24-12-15)23(14-22)26-19-7-3-2-6-17(19)20(28)27-23/h2-7,10,12,16,18,26H,8-9,11,13-14H2,1H3,(H,25,29)(H,27,28)/t16?,18?,22?,23-/m0/s1. The van der Waals surface area contributed by atoms with Crippen molar-refractivity contribution in [3.05, 3.63) is 59.9 Å². The lowest BCUT2D eigenvalue weighted by atomic mass is 9.51. The Hall–Kier alpha value is -2.89. The first-order chi connectivity index (χ1) is 14.0. The van der Waals surface area contributed by atoms with Crippen LogP contribution < -0.4 is 16.0 Å². The highest BCUT2D eigenvalue weighted by molar-refractivity contribution is 6.02. The van der Waals surface area contributed by atoms with Crippen LogP contribution in [-0.4, -0.2) is 22.5 Å². The minimum absolute atomic E-state index is 0.0203. The van der Waals surface area contributed by atoms with E-state index in [4.69, 9.17) is 0 Å². The monoisotopic (exact) mass is 390 g/mol. The molecule has 0 saturated heterocycles. The fourth-order valence-electron chi connectivity index (χ4n) is 5.67. The zero-order chi connectivity index (χ0) is 20.1. The maximum atomic E-state index is 13.1. The molecule has 2 heterocycles. The third kappa shape index (κ3) is 2.98. The molecular formula is C23H26N4O2. The Labute approximate surface area is 170 Å². The number of nitrogens with zero attached hydrogens (tertiary/aromatic N) is 1. The van der Waals surface area contributed by atoms with Crippen molar-refractivity contribution in [3.63, 3.8) is 0 Å². The van der Waals surface area contributed by atoms with Gasteiger partial charge < -0.3 is 16.0 Å². The number of carbonyl (C=O) groups excluding carboxylic acids is 2. The largest absolute Gasteiger partial charge is 0.362 e. The number of aromatic nitrogens is 1. The third-order valence-corrected chi connectivity index (χ3v) is 7.18. The van der Waals surface area contributed by atoms with E-state index in [-0.39, 0.29) is 29.1 Å². The fraction of sp³-hybridized carbons (Fsp3) is 0.435. The lowest BCUT2D eigenvalue weighted by Crippen LogP contribution is -2.70. The lowest BCUT2D eigenvalue weighted by Gasteiger charge is -2.60. The van der Waals surface area contributed by atoms with Gasteiger partial charge in [-0.25, -0.2) is 0 Å². The number of anilines is 1. The quantitative estimate of drug-likeness (QED) is 0.752. The van der Waals surface area contributed by atoms with E-state index in [1.807, 2.05) is 36.4 Å². The highest BCUT2D eigenvalue weighted by Crippen LogP contribution is 2.58. The van der Waals surface area contributed by atoms with E-state index in [2.05, 4.69) is 27.9 Å². The molecule has 3 N–H and O–H groups in total. The summed E-state index contributed by atoms with van der Waals surface area (Å²) < 4.78 is 0. The third-order valence-electron chi connectivity index (χ3n) is 7.18. The topological polar surface area (TPSA) is 83.1 Å². The Morgan fingerprint density at radius 2 is 2.10 bits per heavy atom. The van der Waals surface area contributed by atoms with Crippen molar-refractivity contribution in [3.8, 4) is 0 Å². The maximum Gasteiger partial charge on any atom is 0.255 e. The van der Waals surface area contributed by atoms with Crippen LogP contribution in [0.4, 0.5) is 5.69 Å². The van der Waals surface area contributed by atoms with E-state index in [0.29, 0.717) is 12.1 Å². The summed E-state index contributed by atoms with van der Waals surface area (Å²) in [5.74, 6) is 0.279. The van der Waals surface area contributed by atoms with Gasteiger partial charge in [-0.05, 0) is 54.9 Å². The Morgan fingerprint density at radius 1 is 1.24 bits per heavy atom. The maximum absolute atomic E-state index is 13.1. The molecule has 2 aromatic rings. The minimum atomic E-state index is -0.460. The van der Waals surface area contributed by atoms with Crippen LogP contribution in [0.5, 0.6) is 0 Å². The molecule has 6 heteroatoms. The van der Waals surface area contributed by atoms with E-state index >= 15 is 0 Å². The van der Waals surface area contributed by atoms with Gasteiger partial charge in [0.05, 0.1) is 5.56 Å². The van der Waals surface area contributed by atoms with E-state index in [1.54, 1.807) is 12.4 Å². The SMILES string of the molecule is CC12CCC(CC1C(=O)NCc1cccnc1)[C@]1(C2)NC(=O)c2ccccc2N1. The highest BCUT2D eigenvalue weighted by atomic mass is 16.2. The van der Waals surface area contributed by atoms with Crippen molar-refractivity contribution in [1.82, 2.24) is 15.6 Å². The zero-order valence-electron chi connectivity index (χ0n) is 16.6. The molecule has 3 fully saturated rings. The van der Waals surface area contributed by atoms with Gasteiger partial charge in [-0.1, -0.05) is 25.1 Å². The summed E-state index contributed by atoms with van der Waals surface area (Å²) in [5.41, 5.74) is 1.97. The predicted octanol–water partition coefficient (Wildman–Crippen LogP) is 3.08. The summed E-state index contributed by atoms with van der Waals surface area (Å²) in [4.78, 5) is 29.9. The first-order valence-electron chi connectivity index (χ1n) is 10.4. The first-order valence-corrected chi connectivity index (χ1v) is 10.4. The molecule has 4 aliphatic rings. The number of benzene rings is 1. The second-order valence-electron chi connectivity index (χ2n) is 9.03. The molecule has 1 aromatic carbocycles. The number of hydrogen-bond acceptors (Lipinski definition) is 4. The molecule has 0 radical (unpaired) electrons. The van der Waals surface area contributed by atoms with Gasteiger partial charge in [0.1, 0.15) is 5.66 Å². The predicted molar refractivity (Wildman–Crippen MR) is 110 cm³/mol. The molecule has 6 nitrogen and oxygen atoms in total. The summed E-state index contributed by atoms with van der Waals surface area (Å²) in [7, 11) is 0. The van der Waals surface area contributed by atoms with E-state index < -0.39 is 5.66 Å². The molecule has 1 spiro atoms. The van der Waals surface area contributed by atoms with E-state index in [9.17, 15) is 9.59 Å². The molecule has 3 aliphatic carbocycles. The van der Waals surface area contributed by atoms with Crippen LogP contribution in [0, 0.1) is 17.3 Å². The van der Waals surface area contributed by atoms with Gasteiger partial charge in [0.25, 0.3) is 5.91 Å². The number of carbonyl (C=O) groups is 2. The summed E-state index contributed by atoms with van der Waals surface area (Å²) in [6, 6.07) is 11.5. The number of nitrogens with one attached hydrogen (secondary N) is 3. The van der Waals surface area contributed by atoms with Gasteiger partial charge in [0.2, 0.25) is 5.91 Å². The number of amides is 2. The van der Waals surface area contributed by atoms with Crippen molar-refractivity contribution in [2.45, 2.75) is 44.8 Å². The number of fused-ring (bicyclic) bond motifs is 3. The van der Waals surface area contributed by atoms with Crippen LogP contribution in [0.15, 0.2) is 48.8 Å². The fourth-order valence-corrected chi connectivity index (χ4v) is 5.67. The van der Waals surface area contributed by atoms with Crippen LogP contribution in [0.3, 0.4) is 0 Å². The van der Waals surface area contributed by atoms with Crippen molar-refractivity contribution in [2.75, 3.05) is 5.32 Å². The Morgan fingerprint density at radius 3 is 2.90 bits per heavy atom. The van der Waals surface area contributed by atoms with Crippen LogP contribution >= 0.6 is 0 Å². The zero-order valence-corrected chi connectivity index (χ0v) is 16.6. The highest BCUT2D eigenvalue weighted by Gasteiger charge is 2.60. The van der Waals surface area contributed by atoms with E-state index in [1.165, 1.54) is 0 Å². The van der Waals surface area contributed by atoms with Crippen LogP contribution in [0.1, 0.15) is 48.5 Å². The lowest BCUT2D eigenvalue weighted by molar-refractivity contribution is -0.139. The van der Waals surface area contributed by atoms with E-state index in [0.717, 1.165) is 36.9 Å². The van der Waals surface area contributed by atoms with Gasteiger partial charge >= 0.3 is 0 Å². The van der Waals surface area contributed by atoms with Crippen molar-refractivity contribution in [2.24, 2.45) is 17.3 Å². The van der Waals surface area contributed by atoms with Crippen molar-refractivity contribution >= 4 is 17.5 Å². The molecule has 2 bridgehead atoms. The second kappa shape index (κ2) is 6.58. The molecule has 150 valence electrons. The average Bonchev–Trinajstić information content (AvgIpc) is 2.72. The molecule has 1 aliphatic heterocycles. The molecular weight excluding hydrogens is 364 g/mol. The van der Waals surface area contributed by atoms with Crippen molar-refractivity contribution in [1.29, 1.82) is 0 Å². The Kier molecular flexibility index (Phi) is 4.12. The summed E-state index contributed by atoms with van der Waals surface area (Å²) in [6.07, 6.45) is 7.07. The normalized spacial score (nSPS) is 32.2. The Balaban J connectivity index is 1.35. The molecule has 1 aromatic heterocycles. The summed E-state index contributed by atoms with van der Waals surface area (Å²) in [5, 5.41) is 10.0. The van der Waals surface area contributed by atoms with Crippen LogP contribution in [0.25, 0.3) is 0 Å². The number of para-hydroxylation sites is 1. The minimum Gasteiger partial charge on any atom is -0.362 e. The molecule has 29 heavy (non-hydrogen) atoms. The van der Waals surface area contributed by atoms with Gasteiger partial charge in [-0.3, -0.25) is 14.6 Å². The van der Waals surface area contributed by atoms with Crippen LogP contribution in [0.2, 0.25) is 0 Å². The van der Waals surface area contributed by atoms with Gasteiger partial charge in [-0.15, -0.1) is 0 Å². The number of hydrogen-bond donors (Lipinski definition) is 3. The van der Waals surface area contributed by atoms with Gasteiger partial charge in [0, 0.05) is 36.5 Å². The molecule has 3 saturated carbocycles. The van der Waals surface area contributed by atoms with Crippen LogP contribution in [-0.2, 0) is 11.3 Å². The Bertz CT molecular complexity index is 962. The second-order valence-corrected chi connectivity index (χ2v) is 9.03. The summed E-state index contributed by atoms with van der Waals surface area (Å²) in [6.45, 7) is 2.70. The number of pyridine rings is 1. The molecule has 4 atom stereocenters. The smallest absolute Gasteiger partial charge is 0.255 e. The first kappa shape index (κ1) is 18.2. The summed E-state index contributed by atoms with van der Waals surface area (Å²) >= 11 is 0. The molecule has 2 amide bonds. The van der Waals surface area contributed by atoms with Gasteiger partial charge in [-0.2, -0.15) is 0 Å².